The summed E-state index contributed by atoms with van der Waals surface area (Å²) in [6.07, 6.45) is 1.38. The quantitative estimate of drug-likeness (QED) is 0.550. The van der Waals surface area contributed by atoms with Gasteiger partial charge in [0.05, 0.1) is 16.5 Å². The van der Waals surface area contributed by atoms with E-state index in [9.17, 15) is 9.59 Å². The van der Waals surface area contributed by atoms with Gasteiger partial charge >= 0.3 is 5.97 Å². The fraction of sp³-hybridized carbons (Fsp3) is 0.192. The van der Waals surface area contributed by atoms with Crippen LogP contribution in [0.25, 0.3) is 0 Å². The molecule has 0 spiro atoms. The van der Waals surface area contributed by atoms with E-state index in [0.717, 1.165) is 17.5 Å². The van der Waals surface area contributed by atoms with E-state index in [0.29, 0.717) is 23.8 Å². The van der Waals surface area contributed by atoms with Crippen molar-refractivity contribution in [1.29, 1.82) is 0 Å². The van der Waals surface area contributed by atoms with Gasteiger partial charge in [0.15, 0.2) is 5.17 Å². The molecule has 0 bridgehead atoms. The summed E-state index contributed by atoms with van der Waals surface area (Å²) >= 11 is 1.48. The van der Waals surface area contributed by atoms with Crippen molar-refractivity contribution in [2.24, 2.45) is 4.99 Å². The van der Waals surface area contributed by atoms with Crippen molar-refractivity contribution >= 4 is 34.5 Å². The maximum absolute atomic E-state index is 13.3. The van der Waals surface area contributed by atoms with Gasteiger partial charge in [0.2, 0.25) is 5.91 Å². The highest BCUT2D eigenvalue weighted by Crippen LogP contribution is 2.32. The number of rotatable bonds is 7. The Bertz CT molecular complexity index is 1130. The Hall–Kier alpha value is -3.38. The largest absolute Gasteiger partial charge is 0.478 e. The first-order chi connectivity index (χ1) is 15.5. The Balaban J connectivity index is 1.57. The average Bonchev–Trinajstić information content (AvgIpc) is 3.08. The minimum absolute atomic E-state index is 0.0624. The van der Waals surface area contributed by atoms with Gasteiger partial charge in [0.25, 0.3) is 0 Å². The number of carbonyl (C=O) groups excluding carboxylic acids is 1. The molecule has 3 aromatic carbocycles. The molecule has 1 aliphatic heterocycles. The molecule has 3 aromatic rings. The minimum Gasteiger partial charge on any atom is -0.478 e. The lowest BCUT2D eigenvalue weighted by molar-refractivity contribution is -0.126. The van der Waals surface area contributed by atoms with Crippen LogP contribution in [0.4, 0.5) is 5.69 Å². The zero-order chi connectivity index (χ0) is 22.5. The Morgan fingerprint density at radius 1 is 0.969 bits per heavy atom. The van der Waals surface area contributed by atoms with Gasteiger partial charge in [-0.15, -0.1) is 0 Å². The number of benzene rings is 3. The Labute approximate surface area is 191 Å². The monoisotopic (exact) mass is 444 g/mol. The predicted octanol–water partition coefficient (Wildman–Crippen LogP) is 5.11. The van der Waals surface area contributed by atoms with Crippen molar-refractivity contribution in [3.8, 4) is 0 Å². The second kappa shape index (κ2) is 9.83. The number of aliphatic imine (C=N–C) groups is 1. The highest BCUT2D eigenvalue weighted by Gasteiger charge is 2.37. The number of aryl methyl sites for hydroxylation is 1. The van der Waals surface area contributed by atoms with Crippen LogP contribution in [0.2, 0.25) is 0 Å². The van der Waals surface area contributed by atoms with Gasteiger partial charge in [0.1, 0.15) is 0 Å². The number of carbonyl (C=O) groups is 2. The molecule has 4 rings (SSSR count). The average molecular weight is 445 g/mol. The molecule has 1 saturated heterocycles. The van der Waals surface area contributed by atoms with E-state index in [4.69, 9.17) is 10.1 Å². The minimum atomic E-state index is -0.975. The number of nitrogens with zero attached hydrogens (tertiary/aromatic N) is 2. The van der Waals surface area contributed by atoms with Gasteiger partial charge in [-0.1, -0.05) is 71.9 Å². The Morgan fingerprint density at radius 3 is 2.31 bits per heavy atom. The number of carboxylic acids is 1. The molecule has 6 heteroatoms. The second-order valence-corrected chi connectivity index (χ2v) is 8.94. The van der Waals surface area contributed by atoms with E-state index < -0.39 is 5.97 Å². The number of carboxylic acid groups (broad SMARTS) is 1. The molecule has 1 aliphatic rings. The maximum atomic E-state index is 13.3. The summed E-state index contributed by atoms with van der Waals surface area (Å²) in [6, 6.07) is 24.7. The van der Waals surface area contributed by atoms with Crippen molar-refractivity contribution in [2.45, 2.75) is 25.0 Å². The predicted molar refractivity (Wildman–Crippen MR) is 129 cm³/mol. The summed E-state index contributed by atoms with van der Waals surface area (Å²) in [5.74, 6) is -0.912. The second-order valence-electron chi connectivity index (χ2n) is 7.77. The van der Waals surface area contributed by atoms with E-state index in [-0.39, 0.29) is 16.7 Å². The van der Waals surface area contributed by atoms with Crippen LogP contribution in [0.15, 0.2) is 83.9 Å². The number of aromatic carboxylic acids is 1. The van der Waals surface area contributed by atoms with Gasteiger partial charge in [0, 0.05) is 6.54 Å². The number of hydrogen-bond donors (Lipinski definition) is 1. The first-order valence-corrected chi connectivity index (χ1v) is 11.4. The van der Waals surface area contributed by atoms with Crippen molar-refractivity contribution in [1.82, 2.24) is 4.90 Å². The number of thioether (sulfide) groups is 1. The molecule has 32 heavy (non-hydrogen) atoms. The van der Waals surface area contributed by atoms with Crippen molar-refractivity contribution in [3.05, 3.63) is 101 Å². The van der Waals surface area contributed by atoms with Crippen molar-refractivity contribution < 1.29 is 14.7 Å². The lowest BCUT2D eigenvalue weighted by atomic mass is 10.1. The van der Waals surface area contributed by atoms with E-state index in [2.05, 4.69) is 36.4 Å². The van der Waals surface area contributed by atoms with Crippen LogP contribution in [0.1, 0.15) is 27.0 Å². The van der Waals surface area contributed by atoms with E-state index >= 15 is 0 Å². The third-order valence-corrected chi connectivity index (χ3v) is 6.54. The van der Waals surface area contributed by atoms with Crippen LogP contribution in [-0.2, 0) is 17.6 Å². The van der Waals surface area contributed by atoms with Crippen LogP contribution < -0.4 is 0 Å². The summed E-state index contributed by atoms with van der Waals surface area (Å²) in [4.78, 5) is 30.9. The van der Waals surface area contributed by atoms with Gasteiger partial charge in [-0.2, -0.15) is 0 Å². The Morgan fingerprint density at radius 2 is 1.66 bits per heavy atom. The molecule has 0 radical (unpaired) electrons. The summed E-state index contributed by atoms with van der Waals surface area (Å²) in [5.41, 5.74) is 4.32. The summed E-state index contributed by atoms with van der Waals surface area (Å²) < 4.78 is 0. The lowest BCUT2D eigenvalue weighted by Gasteiger charge is -2.16. The zero-order valence-electron chi connectivity index (χ0n) is 17.8. The zero-order valence-corrected chi connectivity index (χ0v) is 18.6. The highest BCUT2D eigenvalue weighted by molar-refractivity contribution is 8.15. The molecule has 0 saturated carbocycles. The fourth-order valence-corrected chi connectivity index (χ4v) is 4.77. The molecule has 1 heterocycles. The van der Waals surface area contributed by atoms with Crippen LogP contribution in [-0.4, -0.2) is 38.8 Å². The van der Waals surface area contributed by atoms with Crippen molar-refractivity contribution in [3.63, 3.8) is 0 Å². The Kier molecular flexibility index (Phi) is 6.71. The molecule has 162 valence electrons. The topological polar surface area (TPSA) is 70.0 Å². The maximum Gasteiger partial charge on any atom is 0.335 e. The molecular formula is C26H24N2O3S. The van der Waals surface area contributed by atoms with Gasteiger partial charge < -0.3 is 5.11 Å². The van der Waals surface area contributed by atoms with Crippen LogP contribution in [0.5, 0.6) is 0 Å². The number of amides is 1. The smallest absolute Gasteiger partial charge is 0.335 e. The molecule has 1 N–H and O–H groups in total. The number of amidine groups is 1. The van der Waals surface area contributed by atoms with Crippen LogP contribution >= 0.6 is 11.8 Å². The van der Waals surface area contributed by atoms with Crippen LogP contribution in [0, 0.1) is 6.92 Å². The van der Waals surface area contributed by atoms with E-state index in [1.807, 2.05) is 25.1 Å². The normalized spacial score (nSPS) is 17.2. The molecule has 0 aliphatic carbocycles. The molecule has 1 atom stereocenters. The van der Waals surface area contributed by atoms with Crippen LogP contribution in [0.3, 0.4) is 0 Å². The molecule has 1 fully saturated rings. The summed E-state index contributed by atoms with van der Waals surface area (Å²) in [7, 11) is 0. The van der Waals surface area contributed by atoms with E-state index in [1.165, 1.54) is 29.5 Å². The number of hydrogen-bond acceptors (Lipinski definition) is 4. The molecule has 5 nitrogen and oxygen atoms in total. The molecule has 0 aromatic heterocycles. The molecular weight excluding hydrogens is 420 g/mol. The first kappa shape index (κ1) is 21.8. The SMILES string of the molecule is Cc1ccc(CC2SC(=Nc3ccc(C(=O)O)cc3)N(CCc3ccccc3)C2=O)cc1. The molecule has 1 unspecified atom stereocenters. The van der Waals surface area contributed by atoms with Gasteiger partial charge in [-0.05, 0) is 55.2 Å². The highest BCUT2D eigenvalue weighted by atomic mass is 32.2. The fourth-order valence-electron chi connectivity index (χ4n) is 3.54. The standard InChI is InChI=1S/C26H24N2O3S/c1-18-7-9-20(10-8-18)17-23-24(29)28(16-15-19-5-3-2-4-6-19)26(32-23)27-22-13-11-21(12-14-22)25(30)31/h2-14,23H,15-17H2,1H3,(H,30,31). The van der Waals surface area contributed by atoms with E-state index in [1.54, 1.807) is 17.0 Å². The third-order valence-electron chi connectivity index (χ3n) is 5.37. The summed E-state index contributed by atoms with van der Waals surface area (Å²) in [6.45, 7) is 2.59. The van der Waals surface area contributed by atoms with Gasteiger partial charge in [-0.25, -0.2) is 9.79 Å². The van der Waals surface area contributed by atoms with Gasteiger partial charge in [-0.3, -0.25) is 9.69 Å². The first-order valence-electron chi connectivity index (χ1n) is 10.5. The lowest BCUT2D eigenvalue weighted by Crippen LogP contribution is -2.34. The van der Waals surface area contributed by atoms with Crippen molar-refractivity contribution in [2.75, 3.05) is 6.54 Å². The molecule has 1 amide bonds. The summed E-state index contributed by atoms with van der Waals surface area (Å²) in [5, 5.41) is 9.54. The third kappa shape index (κ3) is 5.26.